The van der Waals surface area contributed by atoms with Gasteiger partial charge in [0.05, 0.1) is 25.5 Å². The van der Waals surface area contributed by atoms with Crippen LogP contribution in [0.2, 0.25) is 0 Å². The molecule has 2 aromatic rings. The number of carbonyl (C=O) groups is 3. The van der Waals surface area contributed by atoms with Gasteiger partial charge < -0.3 is 29.3 Å². The topological polar surface area (TPSA) is 130 Å². The second-order valence-electron chi connectivity index (χ2n) is 8.54. The van der Waals surface area contributed by atoms with Gasteiger partial charge in [0.1, 0.15) is 5.69 Å². The Morgan fingerprint density at radius 3 is 2.08 bits per heavy atom. The van der Waals surface area contributed by atoms with E-state index < -0.39 is 24.3 Å². The highest BCUT2D eigenvalue weighted by Crippen LogP contribution is 2.19. The number of halogens is 6. The van der Waals surface area contributed by atoms with Gasteiger partial charge >= 0.3 is 24.3 Å². The van der Waals surface area contributed by atoms with Gasteiger partial charge in [-0.15, -0.1) is 0 Å². The minimum atomic E-state index is -5.08. The van der Waals surface area contributed by atoms with E-state index >= 15 is 0 Å². The Morgan fingerprint density at radius 2 is 1.62 bits per heavy atom. The molecule has 1 atom stereocenters. The smallest absolute Gasteiger partial charge is 0.475 e. The molecule has 1 unspecified atom stereocenters. The van der Waals surface area contributed by atoms with Crippen LogP contribution < -0.4 is 0 Å². The van der Waals surface area contributed by atoms with E-state index in [0.717, 1.165) is 18.8 Å². The minimum absolute atomic E-state index is 0.0560. The predicted octanol–water partition coefficient (Wildman–Crippen LogP) is 2.34. The number of carbonyl (C=O) groups excluding carboxylic acids is 1. The van der Waals surface area contributed by atoms with Crippen LogP contribution in [0.4, 0.5) is 26.3 Å². The first-order valence-corrected chi connectivity index (χ1v) is 11.2. The van der Waals surface area contributed by atoms with Crippen molar-refractivity contribution >= 4 is 17.8 Å². The number of fused-ring (bicyclic) bond motifs is 1. The third kappa shape index (κ3) is 11.8. The number of likely N-dealkylation sites (N-methyl/N-ethyl adjacent to an activating group) is 1. The molecule has 1 amide bonds. The Labute approximate surface area is 219 Å². The number of amides is 1. The van der Waals surface area contributed by atoms with Crippen LogP contribution in [0, 0.1) is 5.92 Å². The fourth-order valence-corrected chi connectivity index (χ4v) is 3.14. The quantitative estimate of drug-likeness (QED) is 0.398. The summed E-state index contributed by atoms with van der Waals surface area (Å²) in [6, 6.07) is 5.75. The van der Waals surface area contributed by atoms with E-state index in [4.69, 9.17) is 24.5 Å². The molecule has 0 radical (unpaired) electrons. The summed E-state index contributed by atoms with van der Waals surface area (Å²) < 4.78 is 73.2. The van der Waals surface area contributed by atoms with E-state index in [1.807, 2.05) is 59.7 Å². The fourth-order valence-electron chi connectivity index (χ4n) is 3.14. The predicted molar refractivity (Wildman–Crippen MR) is 123 cm³/mol. The first kappa shape index (κ1) is 33.4. The molecule has 39 heavy (non-hydrogen) atoms. The summed E-state index contributed by atoms with van der Waals surface area (Å²) in [5.74, 6) is -5.23. The number of hydrogen-bond acceptors (Lipinski definition) is 6. The van der Waals surface area contributed by atoms with Gasteiger partial charge in [-0.25, -0.2) is 9.59 Å². The number of rotatable bonds is 6. The maximum absolute atomic E-state index is 13.0. The molecule has 3 rings (SSSR count). The lowest BCUT2D eigenvalue weighted by Crippen LogP contribution is -2.36. The highest BCUT2D eigenvalue weighted by atomic mass is 19.4. The van der Waals surface area contributed by atoms with E-state index in [2.05, 4.69) is 10.00 Å². The van der Waals surface area contributed by atoms with Crippen LogP contribution in [0.1, 0.15) is 16.2 Å². The van der Waals surface area contributed by atoms with Crippen molar-refractivity contribution < 1.29 is 55.7 Å². The van der Waals surface area contributed by atoms with Gasteiger partial charge in [0, 0.05) is 45.0 Å². The lowest BCUT2D eigenvalue weighted by Gasteiger charge is -2.24. The monoisotopic (exact) mass is 573 g/mol. The summed E-state index contributed by atoms with van der Waals surface area (Å²) in [5, 5.41) is 18.7. The summed E-state index contributed by atoms with van der Waals surface area (Å²) in [5.41, 5.74) is 1.78. The van der Waals surface area contributed by atoms with Crippen LogP contribution in [-0.2, 0) is 34.5 Å². The summed E-state index contributed by atoms with van der Waals surface area (Å²) in [4.78, 5) is 34.8. The van der Waals surface area contributed by atoms with Crippen molar-refractivity contribution in [2.24, 2.45) is 13.0 Å². The Balaban J connectivity index is 0.000000449. The first-order chi connectivity index (χ1) is 17.9. The zero-order valence-corrected chi connectivity index (χ0v) is 21.2. The standard InChI is InChI=1S/C18H27N5O2.2C2HF3O2/c1-20(2)9-10-25-14-15-11-22(13-16-6-7-19-23(16)12-15)18(24)17-5-4-8-21(17)3;2*3-2(4,5)1(6)7/h4-8,15H,9-14H2,1-3H3;2*(H,6,7). The van der Waals surface area contributed by atoms with Gasteiger partial charge in [0.2, 0.25) is 0 Å². The molecule has 0 fully saturated rings. The number of hydrogen-bond donors (Lipinski definition) is 2. The average molecular weight is 573 g/mol. The number of carboxylic acid groups (broad SMARTS) is 2. The zero-order valence-electron chi connectivity index (χ0n) is 21.2. The van der Waals surface area contributed by atoms with Crippen LogP contribution in [-0.4, -0.2) is 105 Å². The zero-order chi connectivity index (χ0) is 30.0. The number of ether oxygens (including phenoxy) is 1. The summed E-state index contributed by atoms with van der Waals surface area (Å²) in [6.07, 6.45) is -6.47. The van der Waals surface area contributed by atoms with Gasteiger partial charge in [-0.05, 0) is 32.3 Å². The molecule has 220 valence electrons. The lowest BCUT2D eigenvalue weighted by molar-refractivity contribution is -0.193. The summed E-state index contributed by atoms with van der Waals surface area (Å²) in [7, 11) is 5.97. The van der Waals surface area contributed by atoms with Crippen LogP contribution in [0.3, 0.4) is 0 Å². The maximum atomic E-state index is 13.0. The fraction of sp³-hybridized carbons (Fsp3) is 0.545. The second-order valence-corrected chi connectivity index (χ2v) is 8.54. The molecule has 11 nitrogen and oxygen atoms in total. The molecular formula is C22H29F6N5O6. The Kier molecular flexibility index (Phi) is 12.5. The number of aliphatic carboxylic acids is 2. The Hall–Kier alpha value is -3.60. The van der Waals surface area contributed by atoms with E-state index in [1.54, 1.807) is 6.20 Å². The normalized spacial score (nSPS) is 15.3. The molecule has 0 bridgehead atoms. The highest BCUT2D eigenvalue weighted by Gasteiger charge is 2.38. The molecular weight excluding hydrogens is 544 g/mol. The molecule has 0 spiro atoms. The number of nitrogens with zero attached hydrogens (tertiary/aromatic N) is 5. The van der Waals surface area contributed by atoms with Crippen molar-refractivity contribution in [3.8, 4) is 0 Å². The molecule has 0 aromatic carbocycles. The van der Waals surface area contributed by atoms with Crippen LogP contribution in [0.5, 0.6) is 0 Å². The van der Waals surface area contributed by atoms with Crippen molar-refractivity contribution in [3.05, 3.63) is 42.0 Å². The van der Waals surface area contributed by atoms with Crippen molar-refractivity contribution in [1.29, 1.82) is 0 Å². The third-order valence-electron chi connectivity index (χ3n) is 5.04. The van der Waals surface area contributed by atoms with Crippen LogP contribution in [0.15, 0.2) is 30.6 Å². The third-order valence-corrected chi connectivity index (χ3v) is 5.04. The number of carboxylic acids is 2. The highest BCUT2D eigenvalue weighted by molar-refractivity contribution is 5.92. The summed E-state index contributed by atoms with van der Waals surface area (Å²) in [6.45, 7) is 4.26. The Bertz CT molecular complexity index is 1060. The van der Waals surface area contributed by atoms with E-state index in [-0.39, 0.29) is 11.8 Å². The minimum Gasteiger partial charge on any atom is -0.475 e. The average Bonchev–Trinajstić information content (AvgIpc) is 3.39. The van der Waals surface area contributed by atoms with Crippen molar-refractivity contribution in [2.75, 3.05) is 40.4 Å². The van der Waals surface area contributed by atoms with Crippen molar-refractivity contribution in [3.63, 3.8) is 0 Å². The van der Waals surface area contributed by atoms with Crippen molar-refractivity contribution in [2.45, 2.75) is 25.4 Å². The number of aryl methyl sites for hydroxylation is 1. The number of alkyl halides is 6. The van der Waals surface area contributed by atoms with E-state index in [1.165, 1.54) is 0 Å². The SMILES string of the molecule is CN(C)CCOCC1CN(C(=O)c2cccn2C)Cc2ccnn2C1.O=C(O)C(F)(F)F.O=C(O)C(F)(F)F. The van der Waals surface area contributed by atoms with Crippen molar-refractivity contribution in [1.82, 2.24) is 24.1 Å². The van der Waals surface area contributed by atoms with Gasteiger partial charge in [-0.2, -0.15) is 31.4 Å². The molecule has 1 aliphatic rings. The number of aromatic nitrogens is 3. The maximum Gasteiger partial charge on any atom is 0.490 e. The molecule has 0 aliphatic carbocycles. The van der Waals surface area contributed by atoms with E-state index in [0.29, 0.717) is 32.0 Å². The van der Waals surface area contributed by atoms with Crippen LogP contribution >= 0.6 is 0 Å². The first-order valence-electron chi connectivity index (χ1n) is 11.2. The van der Waals surface area contributed by atoms with Crippen LogP contribution in [0.25, 0.3) is 0 Å². The molecule has 2 aromatic heterocycles. The molecule has 17 heteroatoms. The van der Waals surface area contributed by atoms with Gasteiger partial charge in [-0.3, -0.25) is 9.48 Å². The largest absolute Gasteiger partial charge is 0.490 e. The molecule has 3 heterocycles. The second kappa shape index (κ2) is 14.5. The summed E-state index contributed by atoms with van der Waals surface area (Å²) >= 11 is 0. The van der Waals surface area contributed by atoms with Gasteiger partial charge in [-0.1, -0.05) is 0 Å². The molecule has 1 aliphatic heterocycles. The lowest BCUT2D eigenvalue weighted by atomic mass is 10.1. The van der Waals surface area contributed by atoms with E-state index in [9.17, 15) is 31.1 Å². The molecule has 2 N–H and O–H groups in total. The Morgan fingerprint density at radius 1 is 1.05 bits per heavy atom. The molecule has 0 saturated heterocycles. The van der Waals surface area contributed by atoms with Gasteiger partial charge in [0.15, 0.2) is 0 Å². The van der Waals surface area contributed by atoms with Gasteiger partial charge in [0.25, 0.3) is 5.91 Å². The molecule has 0 saturated carbocycles.